The maximum absolute atomic E-state index is 12.4. The van der Waals surface area contributed by atoms with Crippen molar-refractivity contribution in [2.45, 2.75) is 17.7 Å². The number of nitrogens with one attached hydrogen (secondary N) is 2. The third-order valence-corrected chi connectivity index (χ3v) is 5.10. The van der Waals surface area contributed by atoms with Gasteiger partial charge in [-0.2, -0.15) is 0 Å². The van der Waals surface area contributed by atoms with Crippen molar-refractivity contribution in [3.8, 4) is 0 Å². The highest BCUT2D eigenvalue weighted by atomic mass is 35.5. The molecule has 1 amide bonds. The highest BCUT2D eigenvalue weighted by Gasteiger charge is 2.19. The molecular formula is C16H15ClN4O3S. The molecule has 1 aromatic heterocycles. The average molecular weight is 379 g/mol. The van der Waals surface area contributed by atoms with Gasteiger partial charge < -0.3 is 5.32 Å². The summed E-state index contributed by atoms with van der Waals surface area (Å²) in [4.78, 5) is 20.2. The molecule has 2 aromatic rings. The van der Waals surface area contributed by atoms with Crippen molar-refractivity contribution in [1.82, 2.24) is 9.71 Å². The largest absolute Gasteiger partial charge is 0.322 e. The number of aliphatic imine (C=N–C) groups is 1. The van der Waals surface area contributed by atoms with Gasteiger partial charge in [0.1, 0.15) is 11.0 Å². The van der Waals surface area contributed by atoms with Crippen LogP contribution in [0.2, 0.25) is 5.15 Å². The molecule has 1 aromatic carbocycles. The van der Waals surface area contributed by atoms with Gasteiger partial charge in [0, 0.05) is 30.4 Å². The highest BCUT2D eigenvalue weighted by molar-refractivity contribution is 7.90. The van der Waals surface area contributed by atoms with Crippen LogP contribution in [0.4, 0.5) is 5.69 Å². The van der Waals surface area contributed by atoms with Crippen LogP contribution in [-0.2, 0) is 10.0 Å². The van der Waals surface area contributed by atoms with Gasteiger partial charge in [-0.25, -0.2) is 13.4 Å². The molecule has 0 radical (unpaired) electrons. The second kappa shape index (κ2) is 7.20. The van der Waals surface area contributed by atoms with Crippen molar-refractivity contribution in [2.75, 3.05) is 11.9 Å². The lowest BCUT2D eigenvalue weighted by Gasteiger charge is -2.10. The molecule has 130 valence electrons. The lowest BCUT2D eigenvalue weighted by atomic mass is 10.2. The number of amidine groups is 1. The van der Waals surface area contributed by atoms with Crippen molar-refractivity contribution in [3.05, 3.63) is 53.3 Å². The quantitative estimate of drug-likeness (QED) is 0.798. The molecule has 0 spiro atoms. The van der Waals surface area contributed by atoms with Gasteiger partial charge in [0.05, 0.1) is 4.90 Å². The predicted molar refractivity (Wildman–Crippen MR) is 95.5 cm³/mol. The number of nitrogens with zero attached hydrogens (tertiary/aromatic N) is 2. The van der Waals surface area contributed by atoms with Gasteiger partial charge >= 0.3 is 0 Å². The first kappa shape index (κ1) is 17.4. The number of halogens is 1. The SMILES string of the molecule is O=C(Nc1cccc(S(=O)(=O)NC2=NCCC2)c1)c1ccnc(Cl)c1. The van der Waals surface area contributed by atoms with Gasteiger partial charge in [-0.1, -0.05) is 17.7 Å². The van der Waals surface area contributed by atoms with E-state index >= 15 is 0 Å². The summed E-state index contributed by atoms with van der Waals surface area (Å²) in [5.74, 6) is 0.0489. The second-order valence-corrected chi connectivity index (χ2v) is 7.46. The van der Waals surface area contributed by atoms with E-state index in [2.05, 4.69) is 20.0 Å². The summed E-state index contributed by atoms with van der Waals surface area (Å²) in [5, 5.41) is 2.84. The maximum Gasteiger partial charge on any atom is 0.262 e. The molecule has 2 N–H and O–H groups in total. The number of sulfonamides is 1. The number of aromatic nitrogens is 1. The first-order chi connectivity index (χ1) is 11.9. The molecule has 0 unspecified atom stereocenters. The van der Waals surface area contributed by atoms with Crippen LogP contribution in [-0.4, -0.2) is 31.7 Å². The number of carbonyl (C=O) groups excluding carboxylic acids is 1. The Hall–Kier alpha value is -2.45. The third kappa shape index (κ3) is 4.34. The fraction of sp³-hybridized carbons (Fsp3) is 0.188. The van der Waals surface area contributed by atoms with Crippen molar-refractivity contribution < 1.29 is 13.2 Å². The molecule has 3 rings (SSSR count). The van der Waals surface area contributed by atoms with E-state index in [1.807, 2.05) is 0 Å². The van der Waals surface area contributed by atoms with Gasteiger partial charge in [0.25, 0.3) is 15.9 Å². The van der Waals surface area contributed by atoms with Gasteiger partial charge in [-0.3, -0.25) is 14.5 Å². The minimum atomic E-state index is -3.74. The smallest absolute Gasteiger partial charge is 0.262 e. The van der Waals surface area contributed by atoms with E-state index in [9.17, 15) is 13.2 Å². The monoisotopic (exact) mass is 378 g/mol. The van der Waals surface area contributed by atoms with Crippen LogP contribution < -0.4 is 10.0 Å². The zero-order chi connectivity index (χ0) is 17.9. The second-order valence-electron chi connectivity index (χ2n) is 5.39. The molecule has 25 heavy (non-hydrogen) atoms. The maximum atomic E-state index is 12.4. The van der Waals surface area contributed by atoms with Crippen LogP contribution in [0.25, 0.3) is 0 Å². The lowest BCUT2D eigenvalue weighted by Crippen LogP contribution is -2.29. The number of hydrogen-bond acceptors (Lipinski definition) is 5. The fourth-order valence-corrected chi connectivity index (χ4v) is 3.63. The summed E-state index contributed by atoms with van der Waals surface area (Å²) in [5.41, 5.74) is 0.681. The van der Waals surface area contributed by atoms with Gasteiger partial charge in [-0.15, -0.1) is 0 Å². The van der Waals surface area contributed by atoms with Crippen LogP contribution in [0.1, 0.15) is 23.2 Å². The normalized spacial score (nSPS) is 14.0. The summed E-state index contributed by atoms with van der Waals surface area (Å²) < 4.78 is 27.3. The van der Waals surface area contributed by atoms with Gasteiger partial charge in [-0.05, 0) is 36.8 Å². The zero-order valence-electron chi connectivity index (χ0n) is 13.1. The van der Waals surface area contributed by atoms with E-state index in [4.69, 9.17) is 11.6 Å². The molecule has 2 heterocycles. The molecule has 0 saturated heterocycles. The van der Waals surface area contributed by atoms with E-state index in [0.717, 1.165) is 6.42 Å². The lowest BCUT2D eigenvalue weighted by molar-refractivity contribution is 0.102. The Morgan fingerprint density at radius 3 is 2.76 bits per heavy atom. The molecule has 1 aliphatic rings. The van der Waals surface area contributed by atoms with Crippen molar-refractivity contribution in [1.29, 1.82) is 0 Å². The summed E-state index contributed by atoms with van der Waals surface area (Å²) in [6, 6.07) is 8.95. The molecule has 0 saturated carbocycles. The minimum Gasteiger partial charge on any atom is -0.322 e. The summed E-state index contributed by atoms with van der Waals surface area (Å²) in [6.45, 7) is 0.627. The molecule has 7 nitrogen and oxygen atoms in total. The number of benzene rings is 1. The van der Waals surface area contributed by atoms with E-state index in [1.54, 1.807) is 12.1 Å². The van der Waals surface area contributed by atoms with E-state index in [0.29, 0.717) is 30.1 Å². The minimum absolute atomic E-state index is 0.0488. The van der Waals surface area contributed by atoms with E-state index < -0.39 is 15.9 Å². The van der Waals surface area contributed by atoms with Crippen LogP contribution >= 0.6 is 11.6 Å². The molecule has 0 bridgehead atoms. The van der Waals surface area contributed by atoms with E-state index in [-0.39, 0.29) is 10.0 Å². The third-order valence-electron chi connectivity index (χ3n) is 3.52. The van der Waals surface area contributed by atoms with Crippen LogP contribution in [0.5, 0.6) is 0 Å². The predicted octanol–water partition coefficient (Wildman–Crippen LogP) is 2.46. The summed E-state index contributed by atoms with van der Waals surface area (Å²) >= 11 is 5.77. The Morgan fingerprint density at radius 2 is 2.04 bits per heavy atom. The number of carbonyl (C=O) groups is 1. The summed E-state index contributed by atoms with van der Waals surface area (Å²) in [6.07, 6.45) is 2.87. The van der Waals surface area contributed by atoms with Gasteiger partial charge in [0.15, 0.2) is 0 Å². The number of rotatable bonds is 4. The van der Waals surface area contributed by atoms with Crippen LogP contribution in [0.3, 0.4) is 0 Å². The number of hydrogen-bond donors (Lipinski definition) is 2. The Balaban J connectivity index is 1.78. The Labute approximate surface area is 150 Å². The Bertz CT molecular complexity index is 944. The van der Waals surface area contributed by atoms with Crippen LogP contribution in [0, 0.1) is 0 Å². The summed E-state index contributed by atoms with van der Waals surface area (Å²) in [7, 11) is -3.74. The molecule has 0 fully saturated rings. The highest BCUT2D eigenvalue weighted by Crippen LogP contribution is 2.18. The molecular weight excluding hydrogens is 364 g/mol. The number of amides is 1. The first-order valence-corrected chi connectivity index (χ1v) is 9.39. The standard InChI is InChI=1S/C16H15ClN4O3S/c17-14-9-11(6-8-18-14)16(22)20-12-3-1-4-13(10-12)25(23,24)21-15-5-2-7-19-15/h1,3-4,6,8-10H,2,5,7H2,(H,19,21)(H,20,22). The number of pyridine rings is 1. The van der Waals surface area contributed by atoms with E-state index in [1.165, 1.54) is 30.5 Å². The Kier molecular flexibility index (Phi) is 5.00. The van der Waals surface area contributed by atoms with Crippen molar-refractivity contribution in [3.63, 3.8) is 0 Å². The fourth-order valence-electron chi connectivity index (χ4n) is 2.32. The molecule has 0 aliphatic carbocycles. The Morgan fingerprint density at radius 1 is 1.20 bits per heavy atom. The zero-order valence-corrected chi connectivity index (χ0v) is 14.6. The first-order valence-electron chi connectivity index (χ1n) is 7.53. The molecule has 9 heteroatoms. The molecule has 0 atom stereocenters. The average Bonchev–Trinajstić information content (AvgIpc) is 3.07. The van der Waals surface area contributed by atoms with Crippen molar-refractivity contribution >= 4 is 39.1 Å². The number of anilines is 1. The topological polar surface area (TPSA) is 101 Å². The van der Waals surface area contributed by atoms with Gasteiger partial charge in [0.2, 0.25) is 0 Å². The van der Waals surface area contributed by atoms with Crippen molar-refractivity contribution in [2.24, 2.45) is 4.99 Å². The van der Waals surface area contributed by atoms with Crippen LogP contribution in [0.15, 0.2) is 52.5 Å². The molecule has 1 aliphatic heterocycles.